The molecule has 0 radical (unpaired) electrons. The molecule has 0 aromatic heterocycles. The van der Waals surface area contributed by atoms with Gasteiger partial charge in [0.1, 0.15) is 5.75 Å². The van der Waals surface area contributed by atoms with Crippen LogP contribution in [-0.2, 0) is 0 Å². The van der Waals surface area contributed by atoms with E-state index < -0.39 is 0 Å². The minimum atomic E-state index is 0.0174. The number of rotatable bonds is 0. The topological polar surface area (TPSA) is 35.2 Å². The molecule has 2 rings (SSSR count). The van der Waals surface area contributed by atoms with E-state index in [4.69, 9.17) is 22.1 Å². The van der Waals surface area contributed by atoms with Gasteiger partial charge in [0.05, 0.1) is 11.1 Å². The maximum absolute atomic E-state index is 6.07. The van der Waals surface area contributed by atoms with Crippen LogP contribution in [0.3, 0.4) is 0 Å². The van der Waals surface area contributed by atoms with E-state index in [0.717, 1.165) is 22.2 Å². The van der Waals surface area contributed by atoms with Crippen LogP contribution in [0.1, 0.15) is 24.9 Å². The van der Waals surface area contributed by atoms with Gasteiger partial charge >= 0.3 is 0 Å². The van der Waals surface area contributed by atoms with Crippen molar-refractivity contribution in [2.45, 2.75) is 25.5 Å². The number of fused-ring (bicyclic) bond motifs is 1. The van der Waals surface area contributed by atoms with Crippen molar-refractivity contribution in [2.75, 3.05) is 0 Å². The summed E-state index contributed by atoms with van der Waals surface area (Å²) >= 11 is 9.46. The van der Waals surface area contributed by atoms with Crippen molar-refractivity contribution < 1.29 is 4.74 Å². The fourth-order valence-electron chi connectivity index (χ4n) is 1.71. The maximum atomic E-state index is 6.07. The van der Waals surface area contributed by atoms with Crippen molar-refractivity contribution in [3.8, 4) is 5.75 Å². The quantitative estimate of drug-likeness (QED) is 0.789. The molecule has 76 valence electrons. The average molecular weight is 277 g/mol. The fourth-order valence-corrected chi connectivity index (χ4v) is 2.59. The number of hydrogen-bond donors (Lipinski definition) is 1. The van der Waals surface area contributed by atoms with Crippen molar-refractivity contribution in [2.24, 2.45) is 5.73 Å². The smallest absolute Gasteiger partial charge is 0.143 e. The predicted octanol–water partition coefficient (Wildman–Crippen LogP) is 3.27. The predicted molar refractivity (Wildman–Crippen MR) is 60.8 cm³/mol. The molecule has 2 N–H and O–H groups in total. The molecule has 0 bridgehead atoms. The second kappa shape index (κ2) is 3.72. The molecule has 0 fully saturated rings. The lowest BCUT2D eigenvalue weighted by atomic mass is 9.98. The molecule has 4 heteroatoms. The largest absolute Gasteiger partial charge is 0.489 e. The molecular formula is C10H11BrClNO. The summed E-state index contributed by atoms with van der Waals surface area (Å²) in [5.41, 5.74) is 7.00. The lowest BCUT2D eigenvalue weighted by molar-refractivity contribution is 0.177. The van der Waals surface area contributed by atoms with Gasteiger partial charge in [-0.3, -0.25) is 0 Å². The molecular weight excluding hydrogens is 265 g/mol. The highest BCUT2D eigenvalue weighted by Gasteiger charge is 2.25. The van der Waals surface area contributed by atoms with Gasteiger partial charge in [0.25, 0.3) is 0 Å². The Hall–Kier alpha value is -0.250. The zero-order chi connectivity index (χ0) is 10.3. The van der Waals surface area contributed by atoms with Gasteiger partial charge in [-0.1, -0.05) is 27.5 Å². The van der Waals surface area contributed by atoms with Gasteiger partial charge in [0.15, 0.2) is 0 Å². The Balaban J connectivity index is 2.53. The van der Waals surface area contributed by atoms with Crippen molar-refractivity contribution in [3.05, 3.63) is 27.2 Å². The molecule has 0 saturated carbocycles. The third kappa shape index (κ3) is 1.76. The summed E-state index contributed by atoms with van der Waals surface area (Å²) in [6.07, 6.45) is 0.968. The lowest BCUT2D eigenvalue weighted by Gasteiger charge is -2.28. The zero-order valence-corrected chi connectivity index (χ0v) is 10.1. The fraction of sp³-hybridized carbons (Fsp3) is 0.400. The highest BCUT2D eigenvalue weighted by atomic mass is 79.9. The van der Waals surface area contributed by atoms with Crippen molar-refractivity contribution in [3.63, 3.8) is 0 Å². The van der Waals surface area contributed by atoms with Crippen LogP contribution in [0.4, 0.5) is 0 Å². The van der Waals surface area contributed by atoms with Gasteiger partial charge in [0, 0.05) is 22.5 Å². The average Bonchev–Trinajstić information content (AvgIpc) is 2.07. The number of benzene rings is 1. The van der Waals surface area contributed by atoms with Gasteiger partial charge in [-0.25, -0.2) is 0 Å². The van der Waals surface area contributed by atoms with E-state index in [0.29, 0.717) is 5.02 Å². The highest BCUT2D eigenvalue weighted by molar-refractivity contribution is 9.10. The molecule has 1 aliphatic rings. The van der Waals surface area contributed by atoms with Gasteiger partial charge in [-0.15, -0.1) is 0 Å². The molecule has 2 unspecified atom stereocenters. The first-order valence-corrected chi connectivity index (χ1v) is 5.66. The van der Waals surface area contributed by atoms with Crippen molar-refractivity contribution >= 4 is 27.5 Å². The highest BCUT2D eigenvalue weighted by Crippen LogP contribution is 2.40. The Kier molecular flexibility index (Phi) is 2.73. The molecule has 0 spiro atoms. The van der Waals surface area contributed by atoms with Gasteiger partial charge in [-0.2, -0.15) is 0 Å². The monoisotopic (exact) mass is 275 g/mol. The summed E-state index contributed by atoms with van der Waals surface area (Å²) in [5.74, 6) is 0.737. The standard InChI is InChI=1S/C10H11BrClNO/c1-5-2-9(13)7-3-6(11)4-8(12)10(7)14-5/h3-5,9H,2,13H2,1H3. The van der Waals surface area contributed by atoms with E-state index in [2.05, 4.69) is 15.9 Å². The van der Waals surface area contributed by atoms with E-state index in [1.807, 2.05) is 19.1 Å². The Labute approximate surface area is 96.5 Å². The molecule has 14 heavy (non-hydrogen) atoms. The molecule has 2 nitrogen and oxygen atoms in total. The number of hydrogen-bond acceptors (Lipinski definition) is 2. The summed E-state index contributed by atoms with van der Waals surface area (Å²) in [7, 11) is 0. The van der Waals surface area contributed by atoms with Crippen LogP contribution in [-0.4, -0.2) is 6.10 Å². The minimum absolute atomic E-state index is 0.0174. The molecule has 2 atom stereocenters. The van der Waals surface area contributed by atoms with Crippen LogP contribution in [0.2, 0.25) is 5.02 Å². The molecule has 1 aromatic rings. The lowest BCUT2D eigenvalue weighted by Crippen LogP contribution is -2.27. The Morgan fingerprint density at radius 2 is 2.29 bits per heavy atom. The van der Waals surface area contributed by atoms with Crippen LogP contribution >= 0.6 is 27.5 Å². The first kappa shape index (κ1) is 10.3. The third-order valence-corrected chi connectivity index (χ3v) is 3.08. The normalized spacial score (nSPS) is 25.4. The van der Waals surface area contributed by atoms with Crippen LogP contribution in [0.5, 0.6) is 5.75 Å². The zero-order valence-electron chi connectivity index (χ0n) is 7.76. The first-order valence-electron chi connectivity index (χ1n) is 4.49. The first-order chi connectivity index (χ1) is 6.58. The summed E-state index contributed by atoms with van der Waals surface area (Å²) in [6.45, 7) is 2.00. The summed E-state index contributed by atoms with van der Waals surface area (Å²) < 4.78 is 6.59. The molecule has 1 aromatic carbocycles. The van der Waals surface area contributed by atoms with E-state index in [1.54, 1.807) is 0 Å². The van der Waals surface area contributed by atoms with Crippen molar-refractivity contribution in [1.82, 2.24) is 0 Å². The number of nitrogens with two attached hydrogens (primary N) is 1. The minimum Gasteiger partial charge on any atom is -0.489 e. The van der Waals surface area contributed by atoms with Crippen LogP contribution in [0.25, 0.3) is 0 Å². The third-order valence-electron chi connectivity index (χ3n) is 2.34. The van der Waals surface area contributed by atoms with E-state index in [-0.39, 0.29) is 12.1 Å². The summed E-state index contributed by atoms with van der Waals surface area (Å²) in [6, 6.07) is 3.81. The van der Waals surface area contributed by atoms with E-state index in [1.165, 1.54) is 0 Å². The molecule has 0 saturated heterocycles. The number of ether oxygens (including phenoxy) is 1. The summed E-state index contributed by atoms with van der Waals surface area (Å²) in [5, 5.41) is 0.622. The SMILES string of the molecule is CC1CC(N)c2cc(Br)cc(Cl)c2O1. The van der Waals surface area contributed by atoms with E-state index in [9.17, 15) is 0 Å². The number of halogens is 2. The maximum Gasteiger partial charge on any atom is 0.143 e. The Morgan fingerprint density at radius 3 is 3.00 bits per heavy atom. The van der Waals surface area contributed by atoms with Crippen molar-refractivity contribution in [1.29, 1.82) is 0 Å². The second-order valence-electron chi connectivity index (χ2n) is 3.58. The molecule has 1 aliphatic heterocycles. The molecule has 0 amide bonds. The van der Waals surface area contributed by atoms with E-state index >= 15 is 0 Å². The van der Waals surface area contributed by atoms with Gasteiger partial charge < -0.3 is 10.5 Å². The van der Waals surface area contributed by atoms with Crippen LogP contribution in [0.15, 0.2) is 16.6 Å². The summed E-state index contributed by atoms with van der Waals surface area (Å²) in [4.78, 5) is 0. The second-order valence-corrected chi connectivity index (χ2v) is 4.90. The van der Waals surface area contributed by atoms with Gasteiger partial charge in [0.2, 0.25) is 0 Å². The Bertz CT molecular complexity index is 369. The molecule has 0 aliphatic carbocycles. The van der Waals surface area contributed by atoms with Crippen LogP contribution in [0, 0.1) is 0 Å². The van der Waals surface area contributed by atoms with Gasteiger partial charge in [-0.05, 0) is 19.1 Å². The Morgan fingerprint density at radius 1 is 1.57 bits per heavy atom. The molecule has 1 heterocycles. The van der Waals surface area contributed by atoms with Crippen LogP contribution < -0.4 is 10.5 Å².